The fraction of sp³-hybridized carbons (Fsp3) is 1.00. The van der Waals surface area contributed by atoms with Crippen LogP contribution in [0.4, 0.5) is 8.78 Å². The van der Waals surface area contributed by atoms with E-state index in [2.05, 4.69) is 0 Å². The predicted octanol–water partition coefficient (Wildman–Crippen LogP) is 1.22. The summed E-state index contributed by atoms with van der Waals surface area (Å²) in [6, 6.07) is -0.167. The molecule has 1 heterocycles. The highest BCUT2D eigenvalue weighted by molar-refractivity contribution is 6.45. The van der Waals surface area contributed by atoms with Gasteiger partial charge in [0, 0.05) is 12.5 Å². The molecule has 0 spiro atoms. The summed E-state index contributed by atoms with van der Waals surface area (Å²) in [4.78, 5) is 1.46. The second-order valence-electron chi connectivity index (χ2n) is 3.43. The van der Waals surface area contributed by atoms with Crippen LogP contribution in [-0.4, -0.2) is 35.4 Å². The third kappa shape index (κ3) is 1.96. The Labute approximate surface area is 71.7 Å². The highest BCUT2D eigenvalue weighted by Gasteiger charge is 2.46. The summed E-state index contributed by atoms with van der Waals surface area (Å²) in [5.74, 6) is -2.61. The van der Waals surface area contributed by atoms with Crippen LogP contribution in [0.5, 0.6) is 0 Å². The largest absolute Gasteiger partial charge is 0.437 e. The molecule has 0 saturated carbocycles. The summed E-state index contributed by atoms with van der Waals surface area (Å²) >= 11 is 0. The third-order valence-corrected chi connectivity index (χ3v) is 2.37. The van der Waals surface area contributed by atoms with Crippen LogP contribution in [0.25, 0.3) is 0 Å². The van der Waals surface area contributed by atoms with E-state index in [1.165, 1.54) is 11.6 Å². The van der Waals surface area contributed by atoms with E-state index in [-0.39, 0.29) is 19.0 Å². The van der Waals surface area contributed by atoms with Gasteiger partial charge in [0.2, 0.25) is 0 Å². The third-order valence-electron chi connectivity index (χ3n) is 2.37. The molecule has 1 aliphatic rings. The highest BCUT2D eigenvalue weighted by Crippen LogP contribution is 2.33. The summed E-state index contributed by atoms with van der Waals surface area (Å²) in [5, 5.41) is 9.18. The van der Waals surface area contributed by atoms with Gasteiger partial charge in [0.1, 0.15) is 0 Å². The molecule has 1 aliphatic heterocycles. The van der Waals surface area contributed by atoms with Crippen molar-refractivity contribution in [3.05, 3.63) is 0 Å². The standard InChI is InChI=1S/C7H14BF2NO/c1-3-6-4-7(9,10)5-11(6)8(2)12/h6,12H,3-5H2,1-2H3/t6-/m1/s1. The van der Waals surface area contributed by atoms with E-state index in [4.69, 9.17) is 0 Å². The molecule has 1 saturated heterocycles. The van der Waals surface area contributed by atoms with E-state index in [0.29, 0.717) is 6.42 Å². The first kappa shape index (κ1) is 9.93. The molecule has 2 nitrogen and oxygen atoms in total. The molecule has 0 radical (unpaired) electrons. The van der Waals surface area contributed by atoms with E-state index in [1.54, 1.807) is 0 Å². The first-order chi connectivity index (χ1) is 5.46. The minimum Gasteiger partial charge on any atom is -0.437 e. The molecular weight excluding hydrogens is 163 g/mol. The average Bonchev–Trinajstić information content (AvgIpc) is 2.25. The van der Waals surface area contributed by atoms with Gasteiger partial charge in [0.15, 0.2) is 0 Å². The van der Waals surface area contributed by atoms with Gasteiger partial charge in [-0.2, -0.15) is 0 Å². The monoisotopic (exact) mass is 177 g/mol. The smallest absolute Gasteiger partial charge is 0.376 e. The van der Waals surface area contributed by atoms with E-state index < -0.39 is 13.0 Å². The zero-order chi connectivity index (χ0) is 9.35. The molecule has 0 aliphatic carbocycles. The number of hydrogen-bond donors (Lipinski definition) is 1. The Bertz CT molecular complexity index is 165. The molecule has 0 aromatic carbocycles. The molecule has 1 rings (SSSR count). The van der Waals surface area contributed by atoms with Crippen molar-refractivity contribution in [2.75, 3.05) is 6.54 Å². The van der Waals surface area contributed by atoms with Crippen LogP contribution in [0, 0.1) is 0 Å². The van der Waals surface area contributed by atoms with Crippen molar-refractivity contribution in [1.82, 2.24) is 4.81 Å². The maximum atomic E-state index is 12.8. The van der Waals surface area contributed by atoms with Gasteiger partial charge in [-0.05, 0) is 13.2 Å². The van der Waals surface area contributed by atoms with Crippen LogP contribution in [-0.2, 0) is 0 Å². The molecule has 1 N–H and O–H groups in total. The Morgan fingerprint density at radius 2 is 2.25 bits per heavy atom. The Morgan fingerprint density at radius 3 is 2.58 bits per heavy atom. The van der Waals surface area contributed by atoms with Crippen molar-refractivity contribution >= 4 is 7.05 Å². The lowest BCUT2D eigenvalue weighted by Gasteiger charge is -2.22. The van der Waals surface area contributed by atoms with Crippen molar-refractivity contribution in [3.63, 3.8) is 0 Å². The van der Waals surface area contributed by atoms with Crippen LogP contribution < -0.4 is 0 Å². The molecule has 0 bridgehead atoms. The normalized spacial score (nSPS) is 29.2. The van der Waals surface area contributed by atoms with E-state index >= 15 is 0 Å². The SMILES string of the molecule is CC[C@@H]1CC(F)(F)CN1B(C)O. The van der Waals surface area contributed by atoms with Crippen molar-refractivity contribution in [3.8, 4) is 0 Å². The van der Waals surface area contributed by atoms with Crippen molar-refractivity contribution in [2.45, 2.75) is 38.6 Å². The van der Waals surface area contributed by atoms with E-state index in [9.17, 15) is 13.8 Å². The maximum absolute atomic E-state index is 12.8. The van der Waals surface area contributed by atoms with E-state index in [0.717, 1.165) is 0 Å². The number of alkyl halides is 2. The highest BCUT2D eigenvalue weighted by atomic mass is 19.3. The Kier molecular flexibility index (Phi) is 2.73. The van der Waals surface area contributed by atoms with Crippen molar-refractivity contribution < 1.29 is 13.8 Å². The van der Waals surface area contributed by atoms with Crippen LogP contribution in [0.1, 0.15) is 19.8 Å². The van der Waals surface area contributed by atoms with Crippen LogP contribution in [0.3, 0.4) is 0 Å². The van der Waals surface area contributed by atoms with Crippen molar-refractivity contribution in [2.24, 2.45) is 0 Å². The van der Waals surface area contributed by atoms with Gasteiger partial charge in [0.25, 0.3) is 5.92 Å². The van der Waals surface area contributed by atoms with Crippen LogP contribution >= 0.6 is 0 Å². The molecule has 0 unspecified atom stereocenters. The van der Waals surface area contributed by atoms with Gasteiger partial charge in [0.05, 0.1) is 6.54 Å². The minimum absolute atomic E-state index is 0.117. The first-order valence-corrected chi connectivity index (χ1v) is 4.28. The molecule has 0 amide bonds. The van der Waals surface area contributed by atoms with Gasteiger partial charge >= 0.3 is 7.05 Å². The zero-order valence-electron chi connectivity index (χ0n) is 7.43. The number of halogens is 2. The van der Waals surface area contributed by atoms with Crippen molar-refractivity contribution in [1.29, 1.82) is 0 Å². The lowest BCUT2D eigenvalue weighted by molar-refractivity contribution is 0.0162. The first-order valence-electron chi connectivity index (χ1n) is 4.28. The fourth-order valence-electron chi connectivity index (χ4n) is 1.74. The topological polar surface area (TPSA) is 23.5 Å². The summed E-state index contributed by atoms with van der Waals surface area (Å²) < 4.78 is 25.7. The molecule has 1 fully saturated rings. The fourth-order valence-corrected chi connectivity index (χ4v) is 1.74. The van der Waals surface area contributed by atoms with E-state index in [1.807, 2.05) is 6.92 Å². The molecular formula is C7H14BF2NO. The Morgan fingerprint density at radius 1 is 1.67 bits per heavy atom. The Hall–Kier alpha value is -0.155. The molecule has 1 atom stereocenters. The minimum atomic E-state index is -2.61. The van der Waals surface area contributed by atoms with Crippen LogP contribution in [0.2, 0.25) is 6.82 Å². The second kappa shape index (κ2) is 3.30. The molecule has 0 aromatic heterocycles. The van der Waals surface area contributed by atoms with Gasteiger partial charge in [-0.15, -0.1) is 0 Å². The lowest BCUT2D eigenvalue weighted by Crippen LogP contribution is -2.41. The molecule has 5 heteroatoms. The second-order valence-corrected chi connectivity index (χ2v) is 3.43. The quantitative estimate of drug-likeness (QED) is 0.641. The molecule has 12 heavy (non-hydrogen) atoms. The molecule has 70 valence electrons. The Balaban J connectivity index is 2.63. The summed E-state index contributed by atoms with van der Waals surface area (Å²) in [6.45, 7) is 3.09. The lowest BCUT2D eigenvalue weighted by atomic mass is 9.84. The number of nitrogens with zero attached hydrogens (tertiary/aromatic N) is 1. The number of hydrogen-bond acceptors (Lipinski definition) is 2. The number of rotatable bonds is 2. The van der Waals surface area contributed by atoms with Gasteiger partial charge in [-0.3, -0.25) is 0 Å². The summed E-state index contributed by atoms with van der Waals surface area (Å²) in [6.07, 6.45) is 0.550. The summed E-state index contributed by atoms with van der Waals surface area (Å²) in [7, 11) is -0.761. The molecule has 0 aromatic rings. The zero-order valence-corrected chi connectivity index (χ0v) is 7.43. The van der Waals surface area contributed by atoms with Gasteiger partial charge in [-0.25, -0.2) is 8.78 Å². The maximum Gasteiger partial charge on any atom is 0.376 e. The van der Waals surface area contributed by atoms with Crippen LogP contribution in [0.15, 0.2) is 0 Å². The summed E-state index contributed by atoms with van der Waals surface area (Å²) in [5.41, 5.74) is 0. The van der Waals surface area contributed by atoms with Gasteiger partial charge < -0.3 is 9.83 Å². The predicted molar refractivity (Wildman–Crippen MR) is 44.2 cm³/mol. The van der Waals surface area contributed by atoms with Gasteiger partial charge in [-0.1, -0.05) is 6.92 Å². The average molecular weight is 177 g/mol.